The number of benzene rings is 2. The number of nitrogens with zero attached hydrogens (tertiary/aromatic N) is 2. The predicted octanol–water partition coefficient (Wildman–Crippen LogP) is 3.48. The second kappa shape index (κ2) is 11.6. The van der Waals surface area contributed by atoms with E-state index in [4.69, 9.17) is 0 Å². The van der Waals surface area contributed by atoms with E-state index in [1.807, 2.05) is 37.3 Å². The lowest BCUT2D eigenvalue weighted by molar-refractivity contribution is -0.141. The van der Waals surface area contributed by atoms with Crippen LogP contribution in [-0.4, -0.2) is 55.1 Å². The maximum absolute atomic E-state index is 13.4. The number of carbonyl (C=O) groups excluding carboxylic acids is 2. The highest BCUT2D eigenvalue weighted by Gasteiger charge is 2.31. The smallest absolute Gasteiger partial charge is 0.243 e. The fourth-order valence-corrected chi connectivity index (χ4v) is 5.31. The van der Waals surface area contributed by atoms with E-state index in [1.165, 1.54) is 30.5 Å². The minimum atomic E-state index is -3.84. The van der Waals surface area contributed by atoms with Crippen LogP contribution in [0.5, 0.6) is 0 Å². The van der Waals surface area contributed by atoms with E-state index in [0.717, 1.165) is 41.1 Å². The number of sulfonamides is 1. The van der Waals surface area contributed by atoms with Crippen molar-refractivity contribution in [2.45, 2.75) is 69.5 Å². The maximum atomic E-state index is 13.4. The number of hydrogen-bond acceptors (Lipinski definition) is 4. The molecule has 0 spiro atoms. The van der Waals surface area contributed by atoms with Crippen molar-refractivity contribution in [2.75, 3.05) is 13.6 Å². The molecule has 0 saturated heterocycles. The third-order valence-corrected chi connectivity index (χ3v) is 8.22. The lowest BCUT2D eigenvalue weighted by Gasteiger charge is -2.32. The molecule has 1 aliphatic carbocycles. The van der Waals surface area contributed by atoms with Gasteiger partial charge in [0.2, 0.25) is 21.8 Å². The Hall–Kier alpha value is -2.71. The van der Waals surface area contributed by atoms with Crippen LogP contribution in [0.15, 0.2) is 59.5 Å². The third kappa shape index (κ3) is 6.67. The molecule has 3 rings (SSSR count). The molecule has 1 N–H and O–H groups in total. The highest BCUT2D eigenvalue weighted by atomic mass is 32.2. The second-order valence-electron chi connectivity index (χ2n) is 9.10. The molecule has 1 fully saturated rings. The third-order valence-electron chi connectivity index (χ3n) is 6.40. The van der Waals surface area contributed by atoms with Gasteiger partial charge in [-0.05, 0) is 44.4 Å². The van der Waals surface area contributed by atoms with Crippen LogP contribution in [0, 0.1) is 6.92 Å². The summed E-state index contributed by atoms with van der Waals surface area (Å²) < 4.78 is 27.0. The molecule has 2 aromatic rings. The van der Waals surface area contributed by atoms with Crippen LogP contribution < -0.4 is 5.32 Å². The number of amides is 2. The SMILES string of the molecule is Cc1ccc(S(=O)(=O)N(C)CC(=O)N(Cc2ccccc2)[C@H](C)C(=O)NC2CCCCC2)cc1. The Morgan fingerprint density at radius 2 is 1.62 bits per heavy atom. The van der Waals surface area contributed by atoms with Gasteiger partial charge in [-0.15, -0.1) is 0 Å². The van der Waals surface area contributed by atoms with Crippen molar-refractivity contribution in [3.05, 3.63) is 65.7 Å². The fraction of sp³-hybridized carbons (Fsp3) is 0.462. The Labute approximate surface area is 203 Å². The molecule has 0 radical (unpaired) electrons. The van der Waals surface area contributed by atoms with Gasteiger partial charge in [-0.2, -0.15) is 4.31 Å². The number of carbonyl (C=O) groups is 2. The van der Waals surface area contributed by atoms with Gasteiger partial charge in [0.1, 0.15) is 6.04 Å². The second-order valence-corrected chi connectivity index (χ2v) is 11.1. The zero-order valence-electron chi connectivity index (χ0n) is 20.2. The minimum absolute atomic E-state index is 0.127. The van der Waals surface area contributed by atoms with Gasteiger partial charge in [0.25, 0.3) is 0 Å². The Morgan fingerprint density at radius 1 is 1.00 bits per heavy atom. The molecule has 184 valence electrons. The average molecular weight is 486 g/mol. The van der Waals surface area contributed by atoms with E-state index in [-0.39, 0.29) is 29.9 Å². The van der Waals surface area contributed by atoms with Gasteiger partial charge in [-0.1, -0.05) is 67.3 Å². The van der Waals surface area contributed by atoms with Gasteiger partial charge in [0.05, 0.1) is 11.4 Å². The summed E-state index contributed by atoms with van der Waals surface area (Å²) in [6.45, 7) is 3.44. The van der Waals surface area contributed by atoms with E-state index < -0.39 is 22.0 Å². The number of nitrogens with one attached hydrogen (secondary N) is 1. The lowest BCUT2D eigenvalue weighted by atomic mass is 9.95. The van der Waals surface area contributed by atoms with Crippen molar-refractivity contribution in [1.82, 2.24) is 14.5 Å². The number of hydrogen-bond donors (Lipinski definition) is 1. The van der Waals surface area contributed by atoms with Crippen molar-refractivity contribution < 1.29 is 18.0 Å². The maximum Gasteiger partial charge on any atom is 0.243 e. The highest BCUT2D eigenvalue weighted by molar-refractivity contribution is 7.89. The molecule has 0 bridgehead atoms. The molecule has 7 nitrogen and oxygen atoms in total. The molecule has 1 atom stereocenters. The van der Waals surface area contributed by atoms with E-state index >= 15 is 0 Å². The highest BCUT2D eigenvalue weighted by Crippen LogP contribution is 2.19. The van der Waals surface area contributed by atoms with Gasteiger partial charge in [-0.3, -0.25) is 9.59 Å². The summed E-state index contributed by atoms with van der Waals surface area (Å²) in [5, 5.41) is 3.09. The van der Waals surface area contributed by atoms with Crippen LogP contribution in [0.2, 0.25) is 0 Å². The molecule has 1 aliphatic rings. The van der Waals surface area contributed by atoms with E-state index in [1.54, 1.807) is 19.1 Å². The molecule has 2 amide bonds. The van der Waals surface area contributed by atoms with Crippen LogP contribution in [0.1, 0.15) is 50.2 Å². The van der Waals surface area contributed by atoms with Crippen LogP contribution in [-0.2, 0) is 26.2 Å². The van der Waals surface area contributed by atoms with E-state index in [9.17, 15) is 18.0 Å². The zero-order valence-corrected chi connectivity index (χ0v) is 21.1. The Morgan fingerprint density at radius 3 is 2.24 bits per heavy atom. The number of likely N-dealkylation sites (N-methyl/N-ethyl adjacent to an activating group) is 1. The van der Waals surface area contributed by atoms with Gasteiger partial charge in [0.15, 0.2) is 0 Å². The fourth-order valence-electron chi connectivity index (χ4n) is 4.19. The summed E-state index contributed by atoms with van der Waals surface area (Å²) in [4.78, 5) is 28.0. The van der Waals surface area contributed by atoms with Crippen molar-refractivity contribution in [1.29, 1.82) is 0 Å². The van der Waals surface area contributed by atoms with Gasteiger partial charge >= 0.3 is 0 Å². The summed E-state index contributed by atoms with van der Waals surface area (Å²) in [5.41, 5.74) is 1.82. The standard InChI is InChI=1S/C26H35N3O4S/c1-20-14-16-24(17-15-20)34(32,33)28(3)19-25(30)29(18-22-10-6-4-7-11-22)21(2)26(31)27-23-12-8-5-9-13-23/h4,6-7,10-11,14-17,21,23H,5,8-9,12-13,18-19H2,1-3H3,(H,27,31)/t21-/m1/s1. The molecular formula is C26H35N3O4S. The molecule has 8 heteroatoms. The Kier molecular flexibility index (Phi) is 8.85. The molecule has 2 aromatic carbocycles. The van der Waals surface area contributed by atoms with Gasteiger partial charge in [0, 0.05) is 19.6 Å². The molecule has 0 aliphatic heterocycles. The summed E-state index contributed by atoms with van der Waals surface area (Å²) in [7, 11) is -2.45. The first-order valence-corrected chi connectivity index (χ1v) is 13.3. The summed E-state index contributed by atoms with van der Waals surface area (Å²) in [6, 6.07) is 15.3. The predicted molar refractivity (Wildman–Crippen MR) is 132 cm³/mol. The van der Waals surface area contributed by atoms with Crippen molar-refractivity contribution >= 4 is 21.8 Å². The first kappa shape index (κ1) is 25.9. The molecule has 0 heterocycles. The van der Waals surface area contributed by atoms with Gasteiger partial charge in [-0.25, -0.2) is 8.42 Å². The topological polar surface area (TPSA) is 86.8 Å². The summed E-state index contributed by atoms with van der Waals surface area (Å²) in [5.74, 6) is -0.631. The molecule has 0 aromatic heterocycles. The van der Waals surface area contributed by atoms with E-state index in [0.29, 0.717) is 0 Å². The monoisotopic (exact) mass is 485 g/mol. The van der Waals surface area contributed by atoms with Crippen molar-refractivity contribution in [2.24, 2.45) is 0 Å². The lowest BCUT2D eigenvalue weighted by Crippen LogP contribution is -2.52. The Balaban J connectivity index is 1.76. The number of rotatable bonds is 9. The summed E-state index contributed by atoms with van der Waals surface area (Å²) >= 11 is 0. The van der Waals surface area contributed by atoms with Crippen molar-refractivity contribution in [3.8, 4) is 0 Å². The normalized spacial score (nSPS) is 15.6. The van der Waals surface area contributed by atoms with Crippen molar-refractivity contribution in [3.63, 3.8) is 0 Å². The largest absolute Gasteiger partial charge is 0.352 e. The first-order valence-electron chi connectivity index (χ1n) is 11.9. The molecule has 0 unspecified atom stereocenters. The molecule has 1 saturated carbocycles. The quantitative estimate of drug-likeness (QED) is 0.589. The van der Waals surface area contributed by atoms with Crippen LogP contribution in [0.25, 0.3) is 0 Å². The molecule has 34 heavy (non-hydrogen) atoms. The minimum Gasteiger partial charge on any atom is -0.352 e. The summed E-state index contributed by atoms with van der Waals surface area (Å²) in [6.07, 6.45) is 5.26. The van der Waals surface area contributed by atoms with Gasteiger partial charge < -0.3 is 10.2 Å². The Bertz CT molecular complexity index is 1060. The van der Waals surface area contributed by atoms with Crippen LogP contribution >= 0.6 is 0 Å². The van der Waals surface area contributed by atoms with Crippen LogP contribution in [0.3, 0.4) is 0 Å². The average Bonchev–Trinajstić information content (AvgIpc) is 2.83. The van der Waals surface area contributed by atoms with E-state index in [2.05, 4.69) is 5.32 Å². The first-order chi connectivity index (χ1) is 16.2. The zero-order chi connectivity index (χ0) is 24.7. The molecular weight excluding hydrogens is 450 g/mol. The van der Waals surface area contributed by atoms with Crippen LogP contribution in [0.4, 0.5) is 0 Å². The number of aryl methyl sites for hydroxylation is 1.